The van der Waals surface area contributed by atoms with E-state index < -0.39 is 117 Å². The van der Waals surface area contributed by atoms with Gasteiger partial charge in [-0.25, -0.2) is 76.6 Å². The molecule has 814 valence electrons. The maximum Gasteiger partial charge on any atom is 0.490 e. The van der Waals surface area contributed by atoms with Crippen molar-refractivity contribution in [3.63, 3.8) is 0 Å². The number of hydrogen-bond acceptors (Lipinski definition) is 26. The Kier molecular flexibility index (Phi) is 37.9. The molecule has 3 saturated heterocycles. The zero-order valence-corrected chi connectivity index (χ0v) is 88.4. The molecule has 13 heterocycles. The summed E-state index contributed by atoms with van der Waals surface area (Å²) in [6.07, 6.45) is -12.1. The number of hydrogen-bond donors (Lipinski definition) is 4. The standard InChI is InChI=1S/C31H35F5N6O3.C16H28BNO4.C16H22F3N3O2.C16H20F3N3O2.C15H14ClF2N3O.C6H4BrF3N2/c1-17(2)42-12-13-44-26-21(32)14-19(15-23(26)42)25-22(33)16-37-28(40-25)39-24-7-6-20(27(38-24)31(34,35)36)18-8-10-41(11-9-18)29(43)45-30(3,4)5;1-14(2,3)20-13(19)18-10-8-12(9-11-18)17-21-15(4,5)16(6,7)22-17;2*1-15(2,3)24-14(23)22-8-6-10(7-9-22)11-4-5-12(20)21-13(11)16(17,18)19;1-8(2)21-3-4-22-14-10(17)5-9(6-12(14)21)13-11(18)7-19-15(16)20-13;7-3-1-2-4(11)12-5(3)6(8,9)10/h6-7,14-18H,8-13H2,1-5H3,(H,37,38,39,40);8H,9-11H2,1-7H3;4-5,10H,6-9H2,1-3H3,(H2,20,21);4-6H,7-9H2,1-3H3,(H2,20,21);5-8H,3-4H2,1-2H3;1-2H,(H2,11,12). The highest BCUT2D eigenvalue weighted by Crippen LogP contribution is 2.47. The van der Waals surface area contributed by atoms with Crippen molar-refractivity contribution in [1.29, 1.82) is 0 Å². The van der Waals surface area contributed by atoms with E-state index in [0.29, 0.717) is 101 Å². The molecule has 149 heavy (non-hydrogen) atoms. The molecule has 15 rings (SSSR count). The molecule has 6 aromatic heterocycles. The Morgan fingerprint density at radius 1 is 0.456 bits per heavy atom. The van der Waals surface area contributed by atoms with Crippen LogP contribution in [0.25, 0.3) is 28.1 Å². The molecule has 0 atom stereocenters. The van der Waals surface area contributed by atoms with Gasteiger partial charge in [-0.15, -0.1) is 0 Å². The Bertz CT molecular complexity index is 6130. The van der Waals surface area contributed by atoms with Gasteiger partial charge in [0, 0.05) is 85.6 Å². The molecule has 3 fully saturated rings. The first-order chi connectivity index (χ1) is 68.8. The predicted molar refractivity (Wildman–Crippen MR) is 533 cm³/mol. The highest BCUT2D eigenvalue weighted by atomic mass is 79.9. The number of nitrogen functional groups attached to an aromatic ring is 3. The minimum absolute atomic E-state index is 0.000499. The van der Waals surface area contributed by atoms with E-state index in [0.717, 1.165) is 30.4 Å². The summed E-state index contributed by atoms with van der Waals surface area (Å²) < 4.78 is 260. The number of benzene rings is 2. The van der Waals surface area contributed by atoms with E-state index in [1.165, 1.54) is 69.3 Å². The quantitative estimate of drug-likeness (QED) is 0.0427. The van der Waals surface area contributed by atoms with Crippen LogP contribution in [-0.4, -0.2) is 215 Å². The number of pyridine rings is 4. The Balaban J connectivity index is 0.000000191. The normalized spacial score (nSPS) is 16.7. The van der Waals surface area contributed by atoms with Crippen molar-refractivity contribution >= 4 is 105 Å². The Morgan fingerprint density at radius 3 is 1.23 bits per heavy atom. The number of fused-ring (bicyclic) bond motifs is 2. The molecule has 7 aliphatic rings. The molecular formula is C100H123BBrClF16N18O12. The summed E-state index contributed by atoms with van der Waals surface area (Å²) in [6, 6.07) is 16.4. The molecular weight excluding hydrogens is 2080 g/mol. The van der Waals surface area contributed by atoms with Crippen LogP contribution in [0.1, 0.15) is 228 Å². The number of alkyl halides is 12. The van der Waals surface area contributed by atoms with E-state index in [9.17, 15) is 85.0 Å². The SMILES string of the molecule is CC(C)(C)OC(=O)N1CC=C(B2OC(C)(C)C(C)(C)O2)CC1.CC(C)(C)OC(=O)N1CC=C(c2ccc(N)nc2C(F)(F)F)CC1.CC(C)(C)OC(=O)N1CCC(c2ccc(N)nc2C(F)(F)F)CC1.CC(C)N1CCOc2c(F)cc(-c3nc(Cl)ncc3F)cc21.CC(C)N1CCOc2c(F)cc(-c3nc(Nc4ccc(C5CCN(C(=O)OC(C)(C)C)CC5)c(C(F)(F)F)n4)ncc3F)cc21.Nc1ccc(Br)c(C(F)(F)F)n1. The van der Waals surface area contributed by atoms with Gasteiger partial charge in [0.15, 0.2) is 46.2 Å². The number of halogens is 18. The van der Waals surface area contributed by atoms with Gasteiger partial charge in [-0.1, -0.05) is 24.3 Å². The summed E-state index contributed by atoms with van der Waals surface area (Å²) >= 11 is 8.44. The fraction of sp³-hybridized carbons (Fsp3) is 0.520. The number of ether oxygens (including phenoxy) is 6. The lowest BCUT2D eigenvalue weighted by molar-refractivity contribution is -0.142. The molecule has 0 aliphatic carbocycles. The van der Waals surface area contributed by atoms with Gasteiger partial charge in [0.2, 0.25) is 11.2 Å². The van der Waals surface area contributed by atoms with Crippen LogP contribution in [0.3, 0.4) is 0 Å². The van der Waals surface area contributed by atoms with Crippen molar-refractivity contribution in [3.05, 3.63) is 175 Å². The van der Waals surface area contributed by atoms with E-state index in [2.05, 4.69) is 61.1 Å². The Labute approximate surface area is 866 Å². The number of carbonyl (C=O) groups excluding carboxylic acids is 4. The lowest BCUT2D eigenvalue weighted by Crippen LogP contribution is -2.41. The number of rotatable bonds is 10. The van der Waals surface area contributed by atoms with Crippen LogP contribution in [0.15, 0.2) is 107 Å². The average Bonchev–Trinajstić information content (AvgIpc) is 1.70. The molecule has 0 bridgehead atoms. The lowest BCUT2D eigenvalue weighted by atomic mass is 9.75. The van der Waals surface area contributed by atoms with Crippen molar-refractivity contribution < 1.29 is 127 Å². The van der Waals surface area contributed by atoms with Gasteiger partial charge in [-0.05, 0) is 299 Å². The molecule has 49 heteroatoms. The van der Waals surface area contributed by atoms with E-state index in [1.54, 1.807) is 85.4 Å². The van der Waals surface area contributed by atoms with Gasteiger partial charge >= 0.3 is 56.2 Å². The van der Waals surface area contributed by atoms with E-state index >= 15 is 4.39 Å². The predicted octanol–water partition coefficient (Wildman–Crippen LogP) is 24.1. The maximum absolute atomic E-state index is 15.0. The molecule has 0 saturated carbocycles. The van der Waals surface area contributed by atoms with Crippen LogP contribution in [0.5, 0.6) is 11.5 Å². The highest BCUT2D eigenvalue weighted by molar-refractivity contribution is 9.10. The first kappa shape index (κ1) is 119. The van der Waals surface area contributed by atoms with Gasteiger partial charge in [0.05, 0.1) is 48.1 Å². The summed E-state index contributed by atoms with van der Waals surface area (Å²) in [7, 11) is -0.314. The number of amides is 4. The third-order valence-electron chi connectivity index (χ3n) is 23.9. The second-order valence-electron chi connectivity index (χ2n) is 41.2. The Hall–Kier alpha value is -12.2. The number of carbonyl (C=O) groups is 4. The van der Waals surface area contributed by atoms with Gasteiger partial charge in [0.1, 0.15) is 81.7 Å². The highest BCUT2D eigenvalue weighted by Gasteiger charge is 2.53. The van der Waals surface area contributed by atoms with Crippen molar-refractivity contribution in [1.82, 2.24) is 59.5 Å². The van der Waals surface area contributed by atoms with E-state index in [4.69, 9.17) is 66.5 Å². The van der Waals surface area contributed by atoms with Crippen LogP contribution in [-0.2, 0) is 53.0 Å². The maximum atomic E-state index is 15.0. The number of anilines is 7. The molecule has 8 aromatic rings. The van der Waals surface area contributed by atoms with Gasteiger partial charge in [-0.2, -0.15) is 52.7 Å². The van der Waals surface area contributed by atoms with Crippen molar-refractivity contribution in [2.75, 3.05) is 111 Å². The van der Waals surface area contributed by atoms with Gasteiger partial charge in [-0.3, -0.25) is 0 Å². The summed E-state index contributed by atoms with van der Waals surface area (Å²) in [5.74, 6) is -4.20. The number of aromatic nitrogens is 8. The third kappa shape index (κ3) is 32.7. The summed E-state index contributed by atoms with van der Waals surface area (Å²) in [5.41, 5.74) is 11.8. The number of piperidine rings is 2. The molecule has 2 aromatic carbocycles. The number of nitrogens with two attached hydrogens (primary N) is 3. The Morgan fingerprint density at radius 2 is 0.832 bits per heavy atom. The third-order valence-corrected chi connectivity index (χ3v) is 24.7. The average molecular weight is 2200 g/mol. The lowest BCUT2D eigenvalue weighted by Gasteiger charge is -2.34. The smallest absolute Gasteiger partial charge is 0.486 e. The van der Waals surface area contributed by atoms with Crippen LogP contribution >= 0.6 is 27.5 Å². The second-order valence-corrected chi connectivity index (χ2v) is 42.4. The van der Waals surface area contributed by atoms with Crippen LogP contribution < -0.4 is 41.8 Å². The van der Waals surface area contributed by atoms with Gasteiger partial charge in [0.25, 0.3) is 0 Å². The zero-order chi connectivity index (χ0) is 111. The van der Waals surface area contributed by atoms with Crippen molar-refractivity contribution in [3.8, 4) is 34.0 Å². The van der Waals surface area contributed by atoms with Crippen LogP contribution in [0, 0.1) is 23.3 Å². The largest absolute Gasteiger partial charge is 0.490 e. The fourth-order valence-corrected chi connectivity index (χ4v) is 16.8. The minimum Gasteiger partial charge on any atom is -0.486 e. The first-order valence-corrected chi connectivity index (χ1v) is 48.9. The van der Waals surface area contributed by atoms with Crippen LogP contribution in [0.2, 0.25) is 5.28 Å². The summed E-state index contributed by atoms with van der Waals surface area (Å²) in [6.45, 7) is 42.2. The molecule has 0 spiro atoms. The molecule has 7 N–H and O–H groups in total. The zero-order valence-electron chi connectivity index (χ0n) is 86.0. The first-order valence-electron chi connectivity index (χ1n) is 47.7. The van der Waals surface area contributed by atoms with E-state index in [1.807, 2.05) is 92.0 Å². The molecule has 4 amide bonds. The number of nitrogens with one attached hydrogen (secondary N) is 1. The minimum atomic E-state index is -4.77. The topological polar surface area (TPSA) is 355 Å². The van der Waals surface area contributed by atoms with Crippen molar-refractivity contribution in [2.45, 2.75) is 259 Å². The second kappa shape index (κ2) is 47.5. The molecule has 30 nitrogen and oxygen atoms in total. The van der Waals surface area contributed by atoms with E-state index in [-0.39, 0.29) is 159 Å². The van der Waals surface area contributed by atoms with Gasteiger partial charge < -0.3 is 89.6 Å². The fourth-order valence-electron chi connectivity index (χ4n) is 16.2. The molecule has 7 aliphatic heterocycles. The monoisotopic (exact) mass is 2200 g/mol. The number of likely N-dealkylation sites (tertiary alicyclic amines) is 2. The summed E-state index contributed by atoms with van der Waals surface area (Å²) in [5, 5.41) is 2.54. The molecule has 0 radical (unpaired) electrons. The summed E-state index contributed by atoms with van der Waals surface area (Å²) in [4.78, 5) is 87.9. The van der Waals surface area contributed by atoms with Crippen LogP contribution in [0.4, 0.5) is 130 Å². The molecule has 0 unspecified atom stereocenters. The number of nitrogens with zero attached hydrogens (tertiary/aromatic N) is 14. The van der Waals surface area contributed by atoms with Crippen molar-refractivity contribution in [2.24, 2.45) is 0 Å².